The van der Waals surface area contributed by atoms with E-state index in [1.165, 1.54) is 106 Å². The van der Waals surface area contributed by atoms with Gasteiger partial charge in [-0.2, -0.15) is 0 Å². The zero-order valence-electron chi connectivity index (χ0n) is 41.7. The standard InChI is InChI=1S/C74H48N2/c1-3-21-48(22-4-1)49-24-19-27-53(46-49)75(70-40-20-36-63-59-32-12-11-31-58(59)62-34-15-18-39-69(62)76(73(63)70)52-25-5-2-6-26-52)54-42-43-61-57-30-10-9-29-56(57)60-33-13-16-37-65(60)74(68(61)47-54)66-38-17-14-35-64(66)72-67(74)44-41-51-45-50-23-7-8-28-55(50)71(51)72/h1-44,46-47H,45H2. The van der Waals surface area contributed by atoms with Crippen LogP contribution < -0.4 is 9.80 Å². The van der Waals surface area contributed by atoms with Gasteiger partial charge in [0.1, 0.15) is 0 Å². The average Bonchev–Trinajstić information content (AvgIpc) is 4.02. The molecule has 0 saturated carbocycles. The van der Waals surface area contributed by atoms with Gasteiger partial charge in [0.2, 0.25) is 0 Å². The Kier molecular flexibility index (Phi) is 9.35. The second kappa shape index (κ2) is 16.6. The summed E-state index contributed by atoms with van der Waals surface area (Å²) in [4.78, 5) is 5.06. The van der Waals surface area contributed by atoms with Crippen LogP contribution in [-0.4, -0.2) is 0 Å². The van der Waals surface area contributed by atoms with E-state index < -0.39 is 5.41 Å². The Balaban J connectivity index is 1.04. The highest BCUT2D eigenvalue weighted by atomic mass is 15.2. The Morgan fingerprint density at radius 2 is 0.842 bits per heavy atom. The van der Waals surface area contributed by atoms with Gasteiger partial charge < -0.3 is 9.80 Å². The lowest BCUT2D eigenvalue weighted by Crippen LogP contribution is -2.29. The van der Waals surface area contributed by atoms with Crippen molar-refractivity contribution < 1.29 is 0 Å². The molecule has 0 N–H and O–H groups in total. The van der Waals surface area contributed by atoms with Crippen LogP contribution in [0.4, 0.5) is 34.1 Å². The summed E-state index contributed by atoms with van der Waals surface area (Å²) >= 11 is 0. The average molecular weight is 965 g/mol. The minimum absolute atomic E-state index is 0.696. The molecule has 1 atom stereocenters. The van der Waals surface area contributed by atoms with Gasteiger partial charge in [-0.05, 0) is 155 Å². The molecule has 0 fully saturated rings. The number of hydrogen-bond donors (Lipinski definition) is 0. The van der Waals surface area contributed by atoms with Crippen LogP contribution in [0.25, 0.3) is 77.9 Å². The summed E-state index contributed by atoms with van der Waals surface area (Å²) in [5, 5.41) is 0. The van der Waals surface area contributed by atoms with E-state index in [4.69, 9.17) is 0 Å². The normalized spacial score (nSPS) is 14.6. The van der Waals surface area contributed by atoms with Gasteiger partial charge in [-0.3, -0.25) is 0 Å². The maximum Gasteiger partial charge on any atom is 0.0781 e. The first-order valence-corrected chi connectivity index (χ1v) is 26.5. The number of fused-ring (bicyclic) bond motifs is 21. The van der Waals surface area contributed by atoms with Gasteiger partial charge in [0.25, 0.3) is 0 Å². The maximum atomic E-state index is 2.57. The molecule has 12 aromatic rings. The number of hydrogen-bond acceptors (Lipinski definition) is 2. The third-order valence-corrected chi connectivity index (χ3v) is 16.8. The number of para-hydroxylation sites is 3. The predicted octanol–water partition coefficient (Wildman–Crippen LogP) is 19.5. The van der Waals surface area contributed by atoms with E-state index in [9.17, 15) is 0 Å². The molecule has 16 rings (SSSR count). The Bertz CT molecular complexity index is 4340. The van der Waals surface area contributed by atoms with E-state index >= 15 is 0 Å². The second-order valence-corrected chi connectivity index (χ2v) is 20.6. The van der Waals surface area contributed by atoms with E-state index in [-0.39, 0.29) is 0 Å². The fourth-order valence-corrected chi connectivity index (χ4v) is 13.8. The zero-order chi connectivity index (χ0) is 49.9. The summed E-state index contributed by atoms with van der Waals surface area (Å²) in [5.74, 6) is 0. The molecule has 76 heavy (non-hydrogen) atoms. The summed E-state index contributed by atoms with van der Waals surface area (Å²) in [6, 6.07) is 105. The van der Waals surface area contributed by atoms with Crippen molar-refractivity contribution in [2.75, 3.05) is 9.80 Å². The van der Waals surface area contributed by atoms with E-state index in [1.807, 2.05) is 0 Å². The summed E-state index contributed by atoms with van der Waals surface area (Å²) < 4.78 is 0. The molecule has 354 valence electrons. The molecule has 2 nitrogen and oxygen atoms in total. The van der Waals surface area contributed by atoms with Crippen LogP contribution in [0, 0.1) is 0 Å². The highest BCUT2D eigenvalue weighted by molar-refractivity contribution is 6.09. The molecule has 1 heterocycles. The SMILES string of the molecule is c1ccc(-c2cccc(N(c3ccc4c(c3)C3(c5ccccc5-c5ccccc5-4)c4ccccc4-c4c3ccc3c4-c4ccccc4C3)c3cccc4c3N(c3ccccc3)c3ccccc3-c3ccccc3-4)c2)cc1. The smallest absolute Gasteiger partial charge is 0.0781 e. The molecule has 0 aromatic heterocycles. The molecule has 0 bridgehead atoms. The summed E-state index contributed by atoms with van der Waals surface area (Å²) in [7, 11) is 0. The van der Waals surface area contributed by atoms with E-state index in [0.29, 0.717) is 0 Å². The van der Waals surface area contributed by atoms with Gasteiger partial charge in [-0.25, -0.2) is 0 Å². The first-order valence-electron chi connectivity index (χ1n) is 26.5. The Morgan fingerprint density at radius 1 is 0.303 bits per heavy atom. The minimum atomic E-state index is -0.696. The van der Waals surface area contributed by atoms with Crippen LogP contribution in [0.2, 0.25) is 0 Å². The van der Waals surface area contributed by atoms with Crippen molar-refractivity contribution in [2.24, 2.45) is 0 Å². The highest BCUT2D eigenvalue weighted by Gasteiger charge is 2.51. The topological polar surface area (TPSA) is 6.48 Å². The number of anilines is 6. The lowest BCUT2D eigenvalue weighted by molar-refractivity contribution is 0.775. The fourth-order valence-electron chi connectivity index (χ4n) is 13.8. The lowest BCUT2D eigenvalue weighted by atomic mass is 9.65. The molecular weight excluding hydrogens is 917 g/mol. The van der Waals surface area contributed by atoms with Crippen LogP contribution in [0.3, 0.4) is 0 Å². The molecule has 1 unspecified atom stereocenters. The fraction of sp³-hybridized carbons (Fsp3) is 0.0270. The monoisotopic (exact) mass is 964 g/mol. The third kappa shape index (κ3) is 6.04. The first kappa shape index (κ1) is 42.7. The number of benzene rings is 12. The Hall–Kier alpha value is -9.76. The number of nitrogens with zero attached hydrogens (tertiary/aromatic N) is 2. The van der Waals surface area contributed by atoms with E-state index in [1.54, 1.807) is 0 Å². The van der Waals surface area contributed by atoms with Crippen molar-refractivity contribution in [1.82, 2.24) is 0 Å². The molecule has 3 aliphatic carbocycles. The second-order valence-electron chi connectivity index (χ2n) is 20.6. The van der Waals surface area contributed by atoms with Gasteiger partial charge in [0.05, 0.1) is 22.5 Å². The minimum Gasteiger partial charge on any atom is -0.308 e. The van der Waals surface area contributed by atoms with E-state index in [2.05, 4.69) is 289 Å². The van der Waals surface area contributed by atoms with Gasteiger partial charge >= 0.3 is 0 Å². The van der Waals surface area contributed by atoms with Crippen LogP contribution in [0.1, 0.15) is 33.4 Å². The van der Waals surface area contributed by atoms with Crippen molar-refractivity contribution in [3.05, 3.63) is 312 Å². The molecular formula is C74H48N2. The molecule has 4 aliphatic rings. The highest BCUT2D eigenvalue weighted by Crippen LogP contribution is 2.65. The summed E-state index contributed by atoms with van der Waals surface area (Å²) in [6.45, 7) is 0. The quantitative estimate of drug-likeness (QED) is 0.170. The first-order chi connectivity index (χ1) is 37.7. The molecule has 0 radical (unpaired) electrons. The van der Waals surface area contributed by atoms with Crippen LogP contribution in [0.5, 0.6) is 0 Å². The largest absolute Gasteiger partial charge is 0.308 e. The molecule has 1 spiro atoms. The third-order valence-electron chi connectivity index (χ3n) is 16.8. The number of rotatable bonds is 5. The van der Waals surface area contributed by atoms with Crippen molar-refractivity contribution in [1.29, 1.82) is 0 Å². The van der Waals surface area contributed by atoms with Crippen molar-refractivity contribution in [2.45, 2.75) is 11.8 Å². The summed E-state index contributed by atoms with van der Waals surface area (Å²) in [5.41, 5.74) is 31.3. The van der Waals surface area contributed by atoms with Crippen LogP contribution in [0.15, 0.2) is 279 Å². The van der Waals surface area contributed by atoms with Gasteiger partial charge in [0.15, 0.2) is 0 Å². The zero-order valence-corrected chi connectivity index (χ0v) is 41.7. The molecule has 0 saturated heterocycles. The lowest BCUT2D eigenvalue weighted by Gasteiger charge is -2.37. The van der Waals surface area contributed by atoms with E-state index in [0.717, 1.165) is 46.1 Å². The van der Waals surface area contributed by atoms with Crippen molar-refractivity contribution >= 4 is 34.1 Å². The maximum absolute atomic E-state index is 2.57. The van der Waals surface area contributed by atoms with Crippen LogP contribution >= 0.6 is 0 Å². The predicted molar refractivity (Wildman–Crippen MR) is 316 cm³/mol. The molecule has 1 aliphatic heterocycles. The molecule has 0 amide bonds. The Labute approximate surface area is 443 Å². The molecule has 12 aromatic carbocycles. The van der Waals surface area contributed by atoms with Crippen molar-refractivity contribution in [3.8, 4) is 77.9 Å². The van der Waals surface area contributed by atoms with Crippen molar-refractivity contribution in [3.63, 3.8) is 0 Å². The summed E-state index contributed by atoms with van der Waals surface area (Å²) in [6.07, 6.45) is 0.935. The van der Waals surface area contributed by atoms with Gasteiger partial charge in [0, 0.05) is 28.2 Å². The van der Waals surface area contributed by atoms with Gasteiger partial charge in [-0.1, -0.05) is 231 Å². The van der Waals surface area contributed by atoms with Crippen LogP contribution in [-0.2, 0) is 11.8 Å². The van der Waals surface area contributed by atoms with Gasteiger partial charge in [-0.15, -0.1) is 0 Å². The Morgan fingerprint density at radius 3 is 1.61 bits per heavy atom. The molecule has 2 heteroatoms.